The Labute approximate surface area is 175 Å². The molecule has 1 heterocycles. The topological polar surface area (TPSA) is 125 Å². The van der Waals surface area contributed by atoms with Gasteiger partial charge in [0.2, 0.25) is 0 Å². The van der Waals surface area contributed by atoms with Gasteiger partial charge in [0.1, 0.15) is 35.3 Å². The monoisotopic (exact) mass is 410 g/mol. The summed E-state index contributed by atoms with van der Waals surface area (Å²) in [7, 11) is 0. The molecule has 0 aromatic heterocycles. The van der Waals surface area contributed by atoms with Crippen molar-refractivity contribution in [3.8, 4) is 18.2 Å². The first-order chi connectivity index (χ1) is 14.2. The van der Waals surface area contributed by atoms with Crippen LogP contribution in [0.5, 0.6) is 0 Å². The molecule has 0 spiro atoms. The lowest BCUT2D eigenvalue weighted by atomic mass is 10.0. The Hall–Kier alpha value is -3.77. The number of carbonyl (C=O) groups is 1. The maximum atomic E-state index is 14.4. The number of para-hydroxylation sites is 1. The maximum absolute atomic E-state index is 14.4. The van der Waals surface area contributed by atoms with Crippen molar-refractivity contribution in [2.45, 2.75) is 45.3 Å². The SMILES string of the molecule is CC(C)(C)OC(=O)N1CCC(Nc2cccc(F)c2NC(C#N)=C(C#N)C#N)CC1. The molecule has 1 aromatic rings. The lowest BCUT2D eigenvalue weighted by molar-refractivity contribution is 0.0210. The van der Waals surface area contributed by atoms with Crippen molar-refractivity contribution < 1.29 is 13.9 Å². The first-order valence-electron chi connectivity index (χ1n) is 9.43. The summed E-state index contributed by atoms with van der Waals surface area (Å²) in [5, 5.41) is 32.9. The van der Waals surface area contributed by atoms with Crippen LogP contribution in [0.1, 0.15) is 33.6 Å². The van der Waals surface area contributed by atoms with Crippen molar-refractivity contribution in [2.75, 3.05) is 23.7 Å². The summed E-state index contributed by atoms with van der Waals surface area (Å²) in [5.74, 6) is -0.630. The second-order valence-electron chi connectivity index (χ2n) is 7.76. The molecule has 1 fully saturated rings. The van der Waals surface area contributed by atoms with Gasteiger partial charge in [-0.1, -0.05) is 6.07 Å². The van der Waals surface area contributed by atoms with E-state index in [4.69, 9.17) is 15.3 Å². The fourth-order valence-electron chi connectivity index (χ4n) is 2.93. The summed E-state index contributed by atoms with van der Waals surface area (Å²) in [4.78, 5) is 13.8. The van der Waals surface area contributed by atoms with E-state index in [1.165, 1.54) is 12.1 Å². The molecule has 1 aliphatic rings. The average Bonchev–Trinajstić information content (AvgIpc) is 2.69. The Balaban J connectivity index is 2.11. The number of hydrogen-bond donors (Lipinski definition) is 2. The first-order valence-corrected chi connectivity index (χ1v) is 9.43. The average molecular weight is 410 g/mol. The summed E-state index contributed by atoms with van der Waals surface area (Å²) in [5.41, 5.74) is -0.947. The molecule has 0 atom stereocenters. The van der Waals surface area contributed by atoms with E-state index < -0.39 is 17.0 Å². The van der Waals surface area contributed by atoms with Gasteiger partial charge >= 0.3 is 6.09 Å². The van der Waals surface area contributed by atoms with Crippen LogP contribution in [0, 0.1) is 39.8 Å². The van der Waals surface area contributed by atoms with Gasteiger partial charge in [0.15, 0.2) is 5.57 Å². The van der Waals surface area contributed by atoms with E-state index in [-0.39, 0.29) is 23.5 Å². The summed E-state index contributed by atoms with van der Waals surface area (Å²) in [6.07, 6.45) is 0.883. The zero-order valence-corrected chi connectivity index (χ0v) is 17.1. The van der Waals surface area contributed by atoms with Crippen molar-refractivity contribution >= 4 is 17.5 Å². The predicted molar refractivity (Wildman–Crippen MR) is 108 cm³/mol. The zero-order chi connectivity index (χ0) is 22.3. The molecule has 0 bridgehead atoms. The molecule has 0 radical (unpaired) electrons. The van der Waals surface area contributed by atoms with Crippen LogP contribution in [-0.4, -0.2) is 35.7 Å². The highest BCUT2D eigenvalue weighted by molar-refractivity contribution is 5.74. The van der Waals surface area contributed by atoms with Gasteiger partial charge in [-0.25, -0.2) is 9.18 Å². The number of ether oxygens (including phenoxy) is 1. The van der Waals surface area contributed by atoms with E-state index in [1.807, 2.05) is 20.8 Å². The highest BCUT2D eigenvalue weighted by atomic mass is 19.1. The van der Waals surface area contributed by atoms with Gasteiger partial charge in [-0.05, 0) is 45.7 Å². The van der Waals surface area contributed by atoms with Gasteiger partial charge < -0.3 is 20.3 Å². The highest BCUT2D eigenvalue weighted by Crippen LogP contribution is 2.29. The number of likely N-dealkylation sites (tertiary alicyclic amines) is 1. The number of halogens is 1. The third kappa shape index (κ3) is 5.86. The quantitative estimate of drug-likeness (QED) is 0.722. The number of carbonyl (C=O) groups excluding carboxylic acids is 1. The largest absolute Gasteiger partial charge is 0.444 e. The van der Waals surface area contributed by atoms with Crippen molar-refractivity contribution in [1.29, 1.82) is 15.8 Å². The van der Waals surface area contributed by atoms with Crippen LogP contribution in [0.3, 0.4) is 0 Å². The van der Waals surface area contributed by atoms with Crippen LogP contribution < -0.4 is 10.6 Å². The Bertz CT molecular complexity index is 938. The molecule has 0 saturated carbocycles. The number of benzene rings is 1. The van der Waals surface area contributed by atoms with Gasteiger partial charge in [-0.3, -0.25) is 0 Å². The maximum Gasteiger partial charge on any atom is 0.410 e. The lowest BCUT2D eigenvalue weighted by Gasteiger charge is -2.34. The molecule has 1 saturated heterocycles. The van der Waals surface area contributed by atoms with Crippen LogP contribution in [0.2, 0.25) is 0 Å². The lowest BCUT2D eigenvalue weighted by Crippen LogP contribution is -2.44. The van der Waals surface area contributed by atoms with Crippen LogP contribution >= 0.6 is 0 Å². The number of nitrogens with zero attached hydrogens (tertiary/aromatic N) is 4. The zero-order valence-electron chi connectivity index (χ0n) is 17.1. The van der Waals surface area contributed by atoms with Gasteiger partial charge in [0, 0.05) is 19.1 Å². The van der Waals surface area contributed by atoms with Crippen molar-refractivity contribution in [2.24, 2.45) is 0 Å². The molecule has 1 aliphatic heterocycles. The molecule has 0 aliphatic carbocycles. The molecule has 2 N–H and O–H groups in total. The minimum atomic E-state index is -0.630. The van der Waals surface area contributed by atoms with Crippen molar-refractivity contribution in [1.82, 2.24) is 4.90 Å². The fraction of sp³-hybridized carbons (Fsp3) is 0.429. The predicted octanol–water partition coefficient (Wildman–Crippen LogP) is 3.87. The standard InChI is InChI=1S/C21H23FN6O2/c1-21(2,3)30-20(29)28-9-7-15(8-10-28)26-17-6-4-5-16(22)19(17)27-18(13-25)14(11-23)12-24/h4-6,15,26-27H,7-10H2,1-3H3. The number of rotatable bonds is 4. The number of piperidine rings is 1. The van der Waals surface area contributed by atoms with Gasteiger partial charge in [0.05, 0.1) is 11.4 Å². The van der Waals surface area contributed by atoms with Crippen LogP contribution in [0.4, 0.5) is 20.6 Å². The number of nitrogens with one attached hydrogen (secondary N) is 2. The van der Waals surface area contributed by atoms with E-state index in [0.717, 1.165) is 0 Å². The summed E-state index contributed by atoms with van der Waals surface area (Å²) in [6.45, 7) is 6.41. The number of anilines is 2. The molecule has 8 nitrogen and oxygen atoms in total. The molecule has 2 rings (SSSR count). The fourth-order valence-corrected chi connectivity index (χ4v) is 2.93. The Morgan fingerprint density at radius 3 is 2.33 bits per heavy atom. The van der Waals surface area contributed by atoms with E-state index >= 15 is 0 Å². The van der Waals surface area contributed by atoms with E-state index in [0.29, 0.717) is 31.6 Å². The second-order valence-corrected chi connectivity index (χ2v) is 7.76. The van der Waals surface area contributed by atoms with Crippen LogP contribution in [0.25, 0.3) is 0 Å². The molecule has 1 aromatic carbocycles. The molecule has 30 heavy (non-hydrogen) atoms. The van der Waals surface area contributed by atoms with Crippen molar-refractivity contribution in [3.05, 3.63) is 35.3 Å². The smallest absolute Gasteiger partial charge is 0.410 e. The summed E-state index contributed by atoms with van der Waals surface area (Å²) < 4.78 is 19.8. The number of allylic oxidation sites excluding steroid dienone is 2. The van der Waals surface area contributed by atoms with Crippen molar-refractivity contribution in [3.63, 3.8) is 0 Å². The van der Waals surface area contributed by atoms with Gasteiger partial charge in [-0.15, -0.1) is 0 Å². The third-order valence-electron chi connectivity index (χ3n) is 4.36. The van der Waals surface area contributed by atoms with Gasteiger partial charge in [-0.2, -0.15) is 15.8 Å². The highest BCUT2D eigenvalue weighted by Gasteiger charge is 2.27. The van der Waals surface area contributed by atoms with Crippen LogP contribution in [-0.2, 0) is 4.74 Å². The molecular weight excluding hydrogens is 387 g/mol. The number of nitriles is 3. The molecule has 0 unspecified atom stereocenters. The van der Waals surface area contributed by atoms with Gasteiger partial charge in [0.25, 0.3) is 0 Å². The second kappa shape index (κ2) is 9.62. The van der Waals surface area contributed by atoms with Crippen LogP contribution in [0.15, 0.2) is 29.5 Å². The Kier molecular flexibility index (Phi) is 7.22. The number of hydrogen-bond acceptors (Lipinski definition) is 7. The number of amides is 1. The van der Waals surface area contributed by atoms with E-state index in [2.05, 4.69) is 10.6 Å². The molecule has 1 amide bonds. The van der Waals surface area contributed by atoms with E-state index in [1.54, 1.807) is 29.2 Å². The summed E-state index contributed by atoms with van der Waals surface area (Å²) >= 11 is 0. The Morgan fingerprint density at radius 1 is 1.17 bits per heavy atom. The molecular formula is C21H23FN6O2. The Morgan fingerprint density at radius 2 is 1.80 bits per heavy atom. The minimum Gasteiger partial charge on any atom is -0.444 e. The third-order valence-corrected chi connectivity index (χ3v) is 4.36. The molecule has 156 valence electrons. The van der Waals surface area contributed by atoms with E-state index in [9.17, 15) is 14.4 Å². The first kappa shape index (κ1) is 22.5. The minimum absolute atomic E-state index is 0.0216. The molecule has 9 heteroatoms. The summed E-state index contributed by atoms with van der Waals surface area (Å²) in [6, 6.07) is 9.29. The normalized spacial score (nSPS) is 14.0.